The van der Waals surface area contributed by atoms with Gasteiger partial charge in [-0.15, -0.1) is 10.7 Å². The van der Waals surface area contributed by atoms with Crippen LogP contribution in [0.4, 0.5) is 50.4 Å². The molecular weight excluding hydrogens is 765 g/mol. The molecule has 0 atom stereocenters. The minimum absolute atomic E-state index is 0. The van der Waals surface area contributed by atoms with E-state index in [-0.39, 0.29) is 34.1 Å². The number of hydrogen-bond donors (Lipinski definition) is 6. The zero-order valence-corrected chi connectivity index (χ0v) is 25.1. The van der Waals surface area contributed by atoms with Gasteiger partial charge in [-0.3, -0.25) is 9.80 Å². The molecule has 0 aliphatic heterocycles. The van der Waals surface area contributed by atoms with Crippen molar-refractivity contribution in [2.24, 2.45) is 45.1 Å². The first kappa shape index (κ1) is 60.7. The molecule has 0 aromatic heterocycles. The van der Waals surface area contributed by atoms with Crippen LogP contribution in [-0.2, 0) is 34.1 Å². The van der Waals surface area contributed by atoms with Crippen LogP contribution in [0.15, 0.2) is 10.7 Å². The number of rotatable bonds is 12. The van der Waals surface area contributed by atoms with Gasteiger partial charge in [0.2, 0.25) is 0 Å². The normalized spacial score (nSPS) is 13.4. The molecular formula is C12H36Cu2F12N10O4P2. The fourth-order valence-electron chi connectivity index (χ4n) is 1.77. The topological polar surface area (TPSA) is 268 Å². The molecule has 274 valence electrons. The van der Waals surface area contributed by atoms with Crippen molar-refractivity contribution in [3.05, 3.63) is 20.2 Å². The van der Waals surface area contributed by atoms with Gasteiger partial charge in [0, 0.05) is 78.5 Å². The SMILES string of the molecule is F[P-](F)(F)(F)(F)F.F[P-](F)(F)(F)(F)F.NCCN(CCN)CCN.NCCN(CCN)CCN.O=N[O-].O=N[O-].[Cu+2].[Cu+2]. The molecule has 0 spiro atoms. The van der Waals surface area contributed by atoms with Gasteiger partial charge in [0.15, 0.2) is 0 Å². The van der Waals surface area contributed by atoms with Gasteiger partial charge in [-0.1, -0.05) is 0 Å². The van der Waals surface area contributed by atoms with E-state index in [9.17, 15) is 50.4 Å². The van der Waals surface area contributed by atoms with Crippen molar-refractivity contribution in [1.82, 2.24) is 9.80 Å². The standard InChI is InChI=1S/2C6H18N4.2Cu.2F6P.2HNO2/c2*7-1-4-10(5-2-8)6-3-9;;;2*1-7(2,3,4,5)6;2*2-1-3/h2*1-9H2;;;;;2*(H,2,3)/q;;2*+2;2*-1;;/p-2. The Balaban J connectivity index is -0.0000000571. The summed E-state index contributed by atoms with van der Waals surface area (Å²) in [6.07, 6.45) is 0. The molecule has 12 N–H and O–H groups in total. The molecule has 0 aromatic carbocycles. The van der Waals surface area contributed by atoms with Crippen molar-refractivity contribution in [3.63, 3.8) is 0 Å². The average Bonchev–Trinajstić information content (AvgIpc) is 2.66. The predicted molar refractivity (Wildman–Crippen MR) is 133 cm³/mol. The molecule has 0 fully saturated rings. The molecule has 0 unspecified atom stereocenters. The van der Waals surface area contributed by atoms with Crippen LogP contribution >= 0.6 is 15.6 Å². The summed E-state index contributed by atoms with van der Waals surface area (Å²) in [5.74, 6) is 0. The van der Waals surface area contributed by atoms with Crippen LogP contribution in [0.1, 0.15) is 0 Å². The summed E-state index contributed by atoms with van der Waals surface area (Å²) in [5.41, 5.74) is 32.2. The summed E-state index contributed by atoms with van der Waals surface area (Å²) in [6, 6.07) is 0. The van der Waals surface area contributed by atoms with E-state index in [1.165, 1.54) is 0 Å². The third-order valence-electron chi connectivity index (χ3n) is 2.67. The first-order chi connectivity index (χ1) is 17.4. The van der Waals surface area contributed by atoms with Gasteiger partial charge in [0.05, 0.1) is 0 Å². The van der Waals surface area contributed by atoms with Crippen molar-refractivity contribution in [3.8, 4) is 0 Å². The fraction of sp³-hybridized carbons (Fsp3) is 1.00. The fourth-order valence-corrected chi connectivity index (χ4v) is 1.77. The molecule has 0 saturated carbocycles. The average molecular weight is 802 g/mol. The summed E-state index contributed by atoms with van der Waals surface area (Å²) in [7, 11) is -21.3. The van der Waals surface area contributed by atoms with Crippen LogP contribution in [0.25, 0.3) is 0 Å². The first-order valence-electron chi connectivity index (χ1n) is 10.1. The maximum absolute atomic E-state index is 10.7. The number of hydrogen-bond acceptors (Lipinski definition) is 14. The van der Waals surface area contributed by atoms with Gasteiger partial charge < -0.3 is 54.6 Å². The molecule has 0 rings (SSSR count). The molecule has 0 heterocycles. The zero-order chi connectivity index (χ0) is 33.9. The van der Waals surface area contributed by atoms with Gasteiger partial charge >= 0.3 is 100 Å². The third kappa shape index (κ3) is 191. The van der Waals surface area contributed by atoms with E-state index in [2.05, 4.69) is 9.80 Å². The second-order valence-corrected chi connectivity index (χ2v) is 10.3. The Bertz CT molecular complexity index is 513. The number of halogens is 12. The third-order valence-corrected chi connectivity index (χ3v) is 2.67. The van der Waals surface area contributed by atoms with Crippen molar-refractivity contribution in [2.45, 2.75) is 0 Å². The first-order valence-corrected chi connectivity index (χ1v) is 14.2. The van der Waals surface area contributed by atoms with E-state index in [4.69, 9.17) is 54.6 Å². The monoisotopic (exact) mass is 800 g/mol. The second kappa shape index (κ2) is 25.8. The van der Waals surface area contributed by atoms with E-state index >= 15 is 0 Å². The Kier molecular flexibility index (Phi) is 37.3. The van der Waals surface area contributed by atoms with Gasteiger partial charge in [0.25, 0.3) is 0 Å². The maximum atomic E-state index is 9.87. The smallest absolute Gasteiger partial charge is 0.444 e. The molecule has 30 heteroatoms. The van der Waals surface area contributed by atoms with E-state index < -0.39 is 15.6 Å². The van der Waals surface area contributed by atoms with Crippen LogP contribution in [0.3, 0.4) is 0 Å². The Morgan fingerprint density at radius 3 is 0.548 bits per heavy atom. The molecule has 0 saturated heterocycles. The Hall–Kier alpha value is -0.461. The van der Waals surface area contributed by atoms with E-state index in [0.29, 0.717) is 39.3 Å². The Morgan fingerprint density at radius 2 is 0.500 bits per heavy atom. The predicted octanol–water partition coefficient (Wildman–Crippen LogP) is 3.59. The molecule has 0 aliphatic carbocycles. The van der Waals surface area contributed by atoms with E-state index in [1.807, 2.05) is 0 Å². The summed E-state index contributed by atoms with van der Waals surface area (Å²) in [4.78, 5) is 20.3. The van der Waals surface area contributed by atoms with Crippen LogP contribution in [0, 0.1) is 20.2 Å². The molecule has 14 nitrogen and oxygen atoms in total. The van der Waals surface area contributed by atoms with Crippen LogP contribution < -0.4 is 34.4 Å². The second-order valence-electron chi connectivity index (χ2n) is 6.48. The Labute approximate surface area is 253 Å². The van der Waals surface area contributed by atoms with Gasteiger partial charge in [0.1, 0.15) is 0 Å². The summed E-state index contributed by atoms with van der Waals surface area (Å²) >= 11 is 0. The Morgan fingerprint density at radius 1 is 0.429 bits per heavy atom. The molecule has 0 aliphatic rings. The van der Waals surface area contributed by atoms with E-state index in [0.717, 1.165) is 49.9 Å². The minimum Gasteiger partial charge on any atom is -0.444 e. The van der Waals surface area contributed by atoms with E-state index in [1.54, 1.807) is 0 Å². The van der Waals surface area contributed by atoms with Crippen LogP contribution in [0.2, 0.25) is 0 Å². The maximum Gasteiger partial charge on any atom is 2.00 e. The summed E-state index contributed by atoms with van der Waals surface area (Å²) in [6.45, 7) is 9.47. The number of nitrogens with zero attached hydrogens (tertiary/aromatic N) is 4. The van der Waals surface area contributed by atoms with Gasteiger partial charge in [-0.2, -0.15) is 0 Å². The molecule has 0 amide bonds. The quantitative estimate of drug-likeness (QED) is 0.0544. The zero-order valence-electron chi connectivity index (χ0n) is 21.4. The summed E-state index contributed by atoms with van der Waals surface area (Å²) < 4.78 is 118. The van der Waals surface area contributed by atoms with Crippen molar-refractivity contribution in [1.29, 1.82) is 0 Å². The van der Waals surface area contributed by atoms with Crippen molar-refractivity contribution in [2.75, 3.05) is 78.5 Å². The van der Waals surface area contributed by atoms with Crippen LogP contribution in [0.5, 0.6) is 0 Å². The largest absolute Gasteiger partial charge is 2.00 e. The summed E-state index contributed by atoms with van der Waals surface area (Å²) in [5, 5.41) is 18.0. The van der Waals surface area contributed by atoms with Gasteiger partial charge in [-0.25, -0.2) is 0 Å². The molecule has 0 bridgehead atoms. The molecule has 0 aromatic rings. The van der Waals surface area contributed by atoms with Crippen LogP contribution in [-0.4, -0.2) is 88.3 Å². The molecule has 42 heavy (non-hydrogen) atoms. The minimum atomic E-state index is -10.7. The van der Waals surface area contributed by atoms with Crippen molar-refractivity contribution < 1.29 is 84.5 Å². The van der Waals surface area contributed by atoms with Crippen molar-refractivity contribution >= 4 is 15.6 Å². The molecule has 2 radical (unpaired) electrons. The number of nitrogens with two attached hydrogens (primary N) is 6. The van der Waals surface area contributed by atoms with Gasteiger partial charge in [-0.05, 0) is 0 Å².